The van der Waals surface area contributed by atoms with Crippen molar-refractivity contribution in [3.63, 3.8) is 0 Å². The minimum atomic E-state index is -0.285. The molecule has 8 nitrogen and oxygen atoms in total. The van der Waals surface area contributed by atoms with Crippen LogP contribution < -0.4 is 24.3 Å². The van der Waals surface area contributed by atoms with Crippen LogP contribution in [-0.2, 0) is 16.2 Å². The Morgan fingerprint density at radius 2 is 1.83 bits per heavy atom. The highest BCUT2D eigenvalue weighted by atomic mass is 16.6. The number of carbonyl (C=O) groups excluding carboxylic acids is 1. The van der Waals surface area contributed by atoms with Gasteiger partial charge in [0.1, 0.15) is 19.8 Å². The summed E-state index contributed by atoms with van der Waals surface area (Å²) in [5.41, 5.74) is 2.72. The van der Waals surface area contributed by atoms with E-state index in [1.54, 1.807) is 13.2 Å². The van der Waals surface area contributed by atoms with Crippen LogP contribution in [0, 0.1) is 0 Å². The maximum atomic E-state index is 12.3. The highest BCUT2D eigenvalue weighted by molar-refractivity contribution is 5.81. The lowest BCUT2D eigenvalue weighted by Gasteiger charge is -2.21. The smallest absolute Gasteiger partial charge is 0.261 e. The van der Waals surface area contributed by atoms with E-state index in [9.17, 15) is 4.79 Å². The quantitative estimate of drug-likeness (QED) is 0.347. The molecule has 0 fully saturated rings. The number of methoxy groups -OCH3 is 1. The minimum absolute atomic E-state index is 0.208. The Morgan fingerprint density at radius 3 is 2.63 bits per heavy atom. The zero-order valence-corrected chi connectivity index (χ0v) is 19.7. The van der Waals surface area contributed by atoms with Crippen LogP contribution in [0.2, 0.25) is 0 Å². The molecule has 0 unspecified atom stereocenters. The van der Waals surface area contributed by atoms with Crippen molar-refractivity contribution in [3.8, 4) is 23.0 Å². The highest BCUT2D eigenvalue weighted by Gasteiger charge is 2.16. The molecule has 1 aliphatic heterocycles. The fraction of sp³-hybridized carbons (Fsp3) is 0.259. The Balaban J connectivity index is 1.25. The Morgan fingerprint density at radius 1 is 1.03 bits per heavy atom. The van der Waals surface area contributed by atoms with E-state index in [0.29, 0.717) is 42.8 Å². The minimum Gasteiger partial charge on any atom is -0.493 e. The van der Waals surface area contributed by atoms with Crippen LogP contribution in [0.4, 0.5) is 0 Å². The number of fused-ring (bicyclic) bond motifs is 1. The molecule has 35 heavy (non-hydrogen) atoms. The average Bonchev–Trinajstić information content (AvgIpc) is 2.90. The summed E-state index contributed by atoms with van der Waals surface area (Å²) in [6, 6.07) is 20.7. The van der Waals surface area contributed by atoms with Gasteiger partial charge in [-0.1, -0.05) is 41.6 Å². The summed E-state index contributed by atoms with van der Waals surface area (Å²) in [6.45, 7) is 3.17. The molecule has 0 spiro atoms. The van der Waals surface area contributed by atoms with Gasteiger partial charge in [0, 0.05) is 5.56 Å². The lowest BCUT2D eigenvalue weighted by molar-refractivity contribution is -0.126. The molecule has 1 amide bonds. The van der Waals surface area contributed by atoms with E-state index in [0.717, 1.165) is 16.7 Å². The number of ether oxygens (including phenoxy) is 4. The van der Waals surface area contributed by atoms with Gasteiger partial charge in [0.05, 0.1) is 19.4 Å². The largest absolute Gasteiger partial charge is 0.493 e. The first-order chi connectivity index (χ1) is 17.1. The van der Waals surface area contributed by atoms with Crippen molar-refractivity contribution in [3.05, 3.63) is 83.4 Å². The van der Waals surface area contributed by atoms with E-state index in [-0.39, 0.29) is 18.6 Å². The number of hydrogen-bond acceptors (Lipinski definition) is 7. The molecule has 1 N–H and O–H groups in total. The number of nitrogens with one attached hydrogen (secondary N) is 1. The number of rotatable bonds is 10. The molecule has 3 aromatic rings. The standard InChI is InChI=1S/C27H28N2O6/c1-19(22-9-11-24-26(15-22)33-13-12-32-24)29-27(30)18-35-28-16-21-8-10-23(25(14-21)31-2)34-17-20-6-4-3-5-7-20/h3-11,14-16,19H,12-13,17-18H2,1-2H3,(H,29,30)/b28-16-/t19-/m1/s1. The Hall–Kier alpha value is -4.20. The Bertz CT molecular complexity index is 1170. The Labute approximate surface area is 204 Å². The third-order valence-corrected chi connectivity index (χ3v) is 5.34. The lowest BCUT2D eigenvalue weighted by atomic mass is 10.1. The van der Waals surface area contributed by atoms with Gasteiger partial charge in [0.15, 0.2) is 29.6 Å². The maximum absolute atomic E-state index is 12.3. The molecule has 1 atom stereocenters. The van der Waals surface area contributed by atoms with Gasteiger partial charge in [-0.05, 0) is 48.4 Å². The van der Waals surface area contributed by atoms with Crippen molar-refractivity contribution < 1.29 is 28.6 Å². The van der Waals surface area contributed by atoms with Crippen LogP contribution in [-0.4, -0.2) is 39.1 Å². The number of carbonyl (C=O) groups is 1. The van der Waals surface area contributed by atoms with Crippen molar-refractivity contribution in [2.45, 2.75) is 19.6 Å². The predicted molar refractivity (Wildman–Crippen MR) is 131 cm³/mol. The fourth-order valence-electron chi connectivity index (χ4n) is 3.51. The van der Waals surface area contributed by atoms with E-state index in [1.807, 2.05) is 67.6 Å². The van der Waals surface area contributed by atoms with Gasteiger partial charge >= 0.3 is 0 Å². The average molecular weight is 477 g/mol. The van der Waals surface area contributed by atoms with Gasteiger partial charge in [-0.15, -0.1) is 0 Å². The Kier molecular flexibility index (Phi) is 8.06. The fourth-order valence-corrected chi connectivity index (χ4v) is 3.51. The van der Waals surface area contributed by atoms with E-state index in [1.165, 1.54) is 6.21 Å². The first-order valence-corrected chi connectivity index (χ1v) is 11.3. The summed E-state index contributed by atoms with van der Waals surface area (Å²) in [5.74, 6) is 2.32. The molecule has 8 heteroatoms. The van der Waals surface area contributed by atoms with Crippen molar-refractivity contribution in [1.29, 1.82) is 0 Å². The molecule has 4 rings (SSSR count). The molecule has 0 saturated heterocycles. The van der Waals surface area contributed by atoms with Crippen LogP contribution in [0.15, 0.2) is 71.9 Å². The summed E-state index contributed by atoms with van der Waals surface area (Å²) in [6.07, 6.45) is 1.51. The lowest BCUT2D eigenvalue weighted by Crippen LogP contribution is -2.29. The van der Waals surface area contributed by atoms with Crippen LogP contribution in [0.5, 0.6) is 23.0 Å². The number of benzene rings is 3. The van der Waals surface area contributed by atoms with Crippen LogP contribution in [0.25, 0.3) is 0 Å². The molecular formula is C27H28N2O6. The first kappa shape index (κ1) is 23.9. The number of oxime groups is 1. The SMILES string of the molecule is COc1cc(/C=N\OCC(=O)N[C@H](C)c2ccc3c(c2)OCCO3)ccc1OCc1ccccc1. The second kappa shape index (κ2) is 11.8. The summed E-state index contributed by atoms with van der Waals surface area (Å²) in [7, 11) is 1.58. The van der Waals surface area contributed by atoms with Gasteiger partial charge in [-0.25, -0.2) is 0 Å². The van der Waals surface area contributed by atoms with Crippen LogP contribution in [0.1, 0.15) is 29.7 Å². The van der Waals surface area contributed by atoms with Crippen LogP contribution >= 0.6 is 0 Å². The summed E-state index contributed by atoms with van der Waals surface area (Å²) < 4.78 is 22.4. The van der Waals surface area contributed by atoms with Gasteiger partial charge in [-0.2, -0.15) is 0 Å². The van der Waals surface area contributed by atoms with Crippen molar-refractivity contribution in [1.82, 2.24) is 5.32 Å². The van der Waals surface area contributed by atoms with Gasteiger partial charge in [0.25, 0.3) is 5.91 Å². The van der Waals surface area contributed by atoms with Crippen molar-refractivity contribution in [2.75, 3.05) is 26.9 Å². The van der Waals surface area contributed by atoms with E-state index in [4.69, 9.17) is 23.8 Å². The van der Waals surface area contributed by atoms with Gasteiger partial charge < -0.3 is 29.1 Å². The van der Waals surface area contributed by atoms with E-state index >= 15 is 0 Å². The normalized spacial score (nSPS) is 13.2. The highest BCUT2D eigenvalue weighted by Crippen LogP contribution is 2.32. The number of amides is 1. The summed E-state index contributed by atoms with van der Waals surface area (Å²) in [5, 5.41) is 6.78. The molecule has 0 radical (unpaired) electrons. The summed E-state index contributed by atoms with van der Waals surface area (Å²) >= 11 is 0. The molecule has 182 valence electrons. The third-order valence-electron chi connectivity index (χ3n) is 5.34. The predicted octanol–water partition coefficient (Wildman–Crippen LogP) is 4.27. The summed E-state index contributed by atoms with van der Waals surface area (Å²) in [4.78, 5) is 17.4. The molecule has 1 aliphatic rings. The molecule has 1 heterocycles. The first-order valence-electron chi connectivity index (χ1n) is 11.3. The van der Waals surface area contributed by atoms with E-state index in [2.05, 4.69) is 10.5 Å². The molecule has 3 aromatic carbocycles. The molecule has 0 saturated carbocycles. The van der Waals surface area contributed by atoms with Crippen LogP contribution in [0.3, 0.4) is 0 Å². The second-order valence-electron chi connectivity index (χ2n) is 7.88. The zero-order chi connectivity index (χ0) is 24.5. The van der Waals surface area contributed by atoms with E-state index < -0.39 is 0 Å². The third kappa shape index (κ3) is 6.66. The topological polar surface area (TPSA) is 87.6 Å². The number of nitrogens with zero attached hydrogens (tertiary/aromatic N) is 1. The van der Waals surface area contributed by atoms with Crippen molar-refractivity contribution in [2.24, 2.45) is 5.16 Å². The van der Waals surface area contributed by atoms with Gasteiger partial charge in [-0.3, -0.25) is 4.79 Å². The monoisotopic (exact) mass is 476 g/mol. The molecule has 0 aromatic heterocycles. The molecular weight excluding hydrogens is 448 g/mol. The molecule has 0 aliphatic carbocycles. The maximum Gasteiger partial charge on any atom is 0.261 e. The zero-order valence-electron chi connectivity index (χ0n) is 19.7. The second-order valence-corrected chi connectivity index (χ2v) is 7.88. The number of hydrogen-bond donors (Lipinski definition) is 1. The van der Waals surface area contributed by atoms with Crippen molar-refractivity contribution >= 4 is 12.1 Å². The van der Waals surface area contributed by atoms with Gasteiger partial charge in [0.2, 0.25) is 0 Å². The molecule has 0 bridgehead atoms.